The van der Waals surface area contributed by atoms with Gasteiger partial charge in [0.05, 0.1) is 0 Å². The van der Waals surface area contributed by atoms with E-state index < -0.39 is 0 Å². The smallest absolute Gasteiger partial charge is 0.195 e. The second-order valence-electron chi connectivity index (χ2n) is 8.44. The van der Waals surface area contributed by atoms with E-state index in [1.54, 1.807) is 6.92 Å². The van der Waals surface area contributed by atoms with E-state index in [0.717, 1.165) is 27.5 Å². The van der Waals surface area contributed by atoms with Crippen molar-refractivity contribution in [2.45, 2.75) is 20.3 Å². The Morgan fingerprint density at radius 3 is 2.15 bits per heavy atom. The van der Waals surface area contributed by atoms with Gasteiger partial charge in [0, 0.05) is 12.2 Å². The van der Waals surface area contributed by atoms with Crippen LogP contribution in [0.25, 0.3) is 33.0 Å². The molecule has 0 radical (unpaired) electrons. The number of rotatable bonds is 8. The molecule has 0 unspecified atom stereocenters. The molecule has 3 nitrogen and oxygen atoms in total. The summed E-state index contributed by atoms with van der Waals surface area (Å²) in [6.07, 6.45) is 0.532. The van der Waals surface area contributed by atoms with Gasteiger partial charge in [0.15, 0.2) is 12.4 Å². The lowest BCUT2D eigenvalue weighted by Crippen LogP contribution is -2.12. The molecule has 4 rings (SSSR count). The Hall–Kier alpha value is -3.69. The van der Waals surface area contributed by atoms with E-state index in [1.165, 1.54) is 16.7 Å². The normalized spacial score (nSPS) is 10.9. The van der Waals surface area contributed by atoms with E-state index in [-0.39, 0.29) is 19.0 Å². The average molecular weight is 437 g/mol. The minimum Gasteiger partial charge on any atom is -0.485 e. The molecule has 4 aromatic rings. The van der Waals surface area contributed by atoms with Crippen LogP contribution in [0.15, 0.2) is 91.0 Å². The van der Waals surface area contributed by atoms with Gasteiger partial charge in [-0.1, -0.05) is 72.8 Å². The quantitative estimate of drug-likeness (QED) is 0.319. The van der Waals surface area contributed by atoms with Crippen LogP contribution < -0.4 is 4.74 Å². The minimum absolute atomic E-state index is 0.0571. The molecule has 33 heavy (non-hydrogen) atoms. The molecule has 0 aromatic heterocycles. The molecule has 0 atom stereocenters. The number of ether oxygens (including phenoxy) is 1. The van der Waals surface area contributed by atoms with Crippen LogP contribution in [-0.4, -0.2) is 24.1 Å². The number of carbonyl (C=O) groups is 1. The number of ketones is 1. The van der Waals surface area contributed by atoms with Crippen LogP contribution in [0, 0.1) is 6.92 Å². The highest BCUT2D eigenvalue weighted by atomic mass is 16.5. The number of hydrogen-bond donors (Lipinski definition) is 1. The number of benzene rings is 4. The van der Waals surface area contributed by atoms with Crippen molar-refractivity contribution in [1.82, 2.24) is 0 Å². The van der Waals surface area contributed by atoms with Crippen LogP contribution in [0.5, 0.6) is 5.75 Å². The van der Waals surface area contributed by atoms with Crippen molar-refractivity contribution >= 4 is 16.6 Å². The van der Waals surface area contributed by atoms with Crippen LogP contribution in [0.2, 0.25) is 0 Å². The molecule has 1 N–H and O–H groups in total. The van der Waals surface area contributed by atoms with Gasteiger partial charge in [-0.15, -0.1) is 0 Å². The largest absolute Gasteiger partial charge is 0.485 e. The summed E-state index contributed by atoms with van der Waals surface area (Å²) in [5.41, 5.74) is 6.99. The molecule has 0 aliphatic rings. The zero-order valence-electron chi connectivity index (χ0n) is 19.1. The second kappa shape index (κ2) is 9.85. The van der Waals surface area contributed by atoms with Crippen molar-refractivity contribution < 1.29 is 14.6 Å². The molecule has 4 aromatic carbocycles. The Kier molecular flexibility index (Phi) is 6.71. The van der Waals surface area contributed by atoms with Gasteiger partial charge >= 0.3 is 0 Å². The first kappa shape index (κ1) is 22.5. The van der Waals surface area contributed by atoms with Gasteiger partial charge in [-0.05, 0) is 77.1 Å². The van der Waals surface area contributed by atoms with E-state index in [4.69, 9.17) is 4.74 Å². The van der Waals surface area contributed by atoms with Crippen LogP contribution in [0.4, 0.5) is 0 Å². The highest BCUT2D eigenvalue weighted by Gasteiger charge is 2.12. The number of aryl methyl sites for hydroxylation is 1. The molecule has 0 aliphatic carbocycles. The van der Waals surface area contributed by atoms with Crippen molar-refractivity contribution in [2.24, 2.45) is 0 Å². The zero-order chi connectivity index (χ0) is 23.4. The molecule has 0 saturated heterocycles. The molecule has 3 heteroatoms. The first-order valence-electron chi connectivity index (χ1n) is 11.1. The summed E-state index contributed by atoms with van der Waals surface area (Å²) >= 11 is 0. The maximum absolute atomic E-state index is 12.1. The van der Waals surface area contributed by atoms with Gasteiger partial charge in [-0.3, -0.25) is 4.79 Å². The zero-order valence-corrected chi connectivity index (χ0v) is 19.1. The summed E-state index contributed by atoms with van der Waals surface area (Å²) in [5.74, 6) is 0.502. The van der Waals surface area contributed by atoms with Crippen molar-refractivity contribution in [3.8, 4) is 28.0 Å². The van der Waals surface area contributed by atoms with E-state index in [0.29, 0.717) is 17.7 Å². The summed E-state index contributed by atoms with van der Waals surface area (Å²) in [5, 5.41) is 11.6. The van der Waals surface area contributed by atoms with Crippen LogP contribution in [0.3, 0.4) is 0 Å². The van der Waals surface area contributed by atoms with Crippen LogP contribution >= 0.6 is 0 Å². The molecule has 166 valence electrons. The average Bonchev–Trinajstić information content (AvgIpc) is 2.82. The number of Topliss-reactive ketones (excluding diaryl/α,β-unsaturated/α-hetero) is 1. The third-order valence-electron chi connectivity index (χ3n) is 5.82. The Bertz CT molecular complexity index is 1320. The Morgan fingerprint density at radius 1 is 0.848 bits per heavy atom. The lowest BCUT2D eigenvalue weighted by molar-refractivity contribution is -0.117. The molecule has 0 heterocycles. The maximum Gasteiger partial charge on any atom is 0.195 e. The summed E-state index contributed by atoms with van der Waals surface area (Å²) < 4.78 is 5.91. The van der Waals surface area contributed by atoms with Gasteiger partial charge in [-0.2, -0.15) is 0 Å². The Morgan fingerprint density at radius 2 is 1.48 bits per heavy atom. The lowest BCUT2D eigenvalue weighted by atomic mass is 9.96. The Balaban J connectivity index is 1.69. The van der Waals surface area contributed by atoms with E-state index in [9.17, 15) is 9.90 Å². The number of aliphatic hydroxyl groups is 1. The topological polar surface area (TPSA) is 46.5 Å². The van der Waals surface area contributed by atoms with E-state index in [1.807, 2.05) is 18.2 Å². The fraction of sp³-hybridized carbons (Fsp3) is 0.167. The van der Waals surface area contributed by atoms with Crippen LogP contribution in [-0.2, 0) is 11.2 Å². The van der Waals surface area contributed by atoms with Crippen molar-refractivity contribution in [3.63, 3.8) is 0 Å². The van der Waals surface area contributed by atoms with Gasteiger partial charge in [-0.25, -0.2) is 0 Å². The molecule has 0 amide bonds. The minimum atomic E-state index is -0.129. The van der Waals surface area contributed by atoms with Crippen molar-refractivity contribution in [1.29, 1.82) is 0 Å². The van der Waals surface area contributed by atoms with E-state index in [2.05, 4.69) is 74.2 Å². The molecule has 0 aliphatic heterocycles. The van der Waals surface area contributed by atoms with Crippen LogP contribution in [0.1, 0.15) is 18.1 Å². The number of hydrogen-bond acceptors (Lipinski definition) is 3. The molecule has 0 bridgehead atoms. The van der Waals surface area contributed by atoms with Gasteiger partial charge in [0.1, 0.15) is 5.75 Å². The van der Waals surface area contributed by atoms with Crippen molar-refractivity contribution in [2.75, 3.05) is 13.2 Å². The molecule has 0 spiro atoms. The third kappa shape index (κ3) is 5.21. The standard InChI is InChI=1S/C30H28O3/c1-20(2)29(32)19-33-30-16-22(14-15-31)6-13-28(30)27-12-11-25-17-24(9-10-26(25)18-27)23-7-4-21(3)5-8-23/h4-13,16-18,31H,1,14-15,19H2,2-3H3. The molecular formula is C30H28O3. The highest BCUT2D eigenvalue weighted by Crippen LogP contribution is 2.34. The molecule has 0 fully saturated rings. The first-order valence-corrected chi connectivity index (χ1v) is 11.1. The molecular weight excluding hydrogens is 408 g/mol. The van der Waals surface area contributed by atoms with Crippen molar-refractivity contribution in [3.05, 3.63) is 102 Å². The Labute approximate surface area is 195 Å². The maximum atomic E-state index is 12.1. The monoisotopic (exact) mass is 436 g/mol. The van der Waals surface area contributed by atoms with Gasteiger partial charge in [0.25, 0.3) is 0 Å². The highest BCUT2D eigenvalue weighted by molar-refractivity contribution is 5.95. The summed E-state index contributed by atoms with van der Waals surface area (Å²) in [4.78, 5) is 12.1. The number of aliphatic hydroxyl groups excluding tert-OH is 1. The second-order valence-corrected chi connectivity index (χ2v) is 8.44. The lowest BCUT2D eigenvalue weighted by Gasteiger charge is -2.14. The number of carbonyl (C=O) groups excluding carboxylic acids is 1. The van der Waals surface area contributed by atoms with Gasteiger partial charge in [0.2, 0.25) is 0 Å². The predicted octanol–water partition coefficient (Wildman–Crippen LogP) is 6.54. The summed E-state index contributed by atoms with van der Waals surface area (Å²) in [7, 11) is 0. The number of fused-ring (bicyclic) bond motifs is 1. The molecule has 0 saturated carbocycles. The summed E-state index contributed by atoms with van der Waals surface area (Å²) in [6.45, 7) is 7.48. The SMILES string of the molecule is C=C(C)C(=O)COc1cc(CCO)ccc1-c1ccc2cc(-c3ccc(C)cc3)ccc2c1. The van der Waals surface area contributed by atoms with E-state index >= 15 is 0 Å². The fourth-order valence-corrected chi connectivity index (χ4v) is 3.81. The summed E-state index contributed by atoms with van der Waals surface area (Å²) in [6, 6.07) is 27.3. The fourth-order valence-electron chi connectivity index (χ4n) is 3.81. The predicted molar refractivity (Wildman–Crippen MR) is 136 cm³/mol. The third-order valence-corrected chi connectivity index (χ3v) is 5.82. The van der Waals surface area contributed by atoms with Gasteiger partial charge < -0.3 is 9.84 Å². The first-order chi connectivity index (χ1) is 15.9.